The van der Waals surface area contributed by atoms with Crippen LogP contribution in [-0.4, -0.2) is 53.7 Å². The van der Waals surface area contributed by atoms with Crippen LogP contribution in [0, 0.1) is 0 Å². The maximum atomic E-state index is 11.5. The molecule has 0 aromatic heterocycles. The van der Waals surface area contributed by atoms with Crippen molar-refractivity contribution in [3.05, 3.63) is 0 Å². The van der Waals surface area contributed by atoms with Crippen molar-refractivity contribution in [2.75, 3.05) is 30.6 Å². The highest BCUT2D eigenvalue weighted by Crippen LogP contribution is 2.01. The average Bonchev–Trinajstić information content (AvgIpc) is 2.33. The highest BCUT2D eigenvalue weighted by molar-refractivity contribution is 7.98. The van der Waals surface area contributed by atoms with E-state index in [1.807, 2.05) is 12.5 Å². The van der Waals surface area contributed by atoms with E-state index in [2.05, 4.69) is 10.6 Å². The van der Waals surface area contributed by atoms with Crippen molar-refractivity contribution in [3.63, 3.8) is 0 Å². The smallest absolute Gasteiger partial charge is 0.326 e. The molecule has 0 spiro atoms. The van der Waals surface area contributed by atoms with Gasteiger partial charge in [-0.2, -0.15) is 23.5 Å². The Bertz CT molecular complexity index is 252. The van der Waals surface area contributed by atoms with E-state index in [1.54, 1.807) is 23.5 Å². The number of rotatable bonds is 10. The Morgan fingerprint density at radius 2 is 1.83 bits per heavy atom. The molecule has 0 saturated heterocycles. The zero-order valence-electron chi connectivity index (χ0n) is 10.9. The van der Waals surface area contributed by atoms with Crippen molar-refractivity contribution in [1.29, 1.82) is 0 Å². The van der Waals surface area contributed by atoms with Crippen LogP contribution in [-0.2, 0) is 4.79 Å². The summed E-state index contributed by atoms with van der Waals surface area (Å²) in [4.78, 5) is 22.4. The van der Waals surface area contributed by atoms with Gasteiger partial charge in [0.2, 0.25) is 0 Å². The summed E-state index contributed by atoms with van der Waals surface area (Å²) >= 11 is 3.34. The fraction of sp³-hybridized carbons (Fsp3) is 0.818. The quantitative estimate of drug-likeness (QED) is 0.534. The van der Waals surface area contributed by atoms with E-state index < -0.39 is 18.0 Å². The van der Waals surface area contributed by atoms with Gasteiger partial charge >= 0.3 is 12.0 Å². The zero-order chi connectivity index (χ0) is 13.8. The molecule has 0 aliphatic rings. The summed E-state index contributed by atoms with van der Waals surface area (Å²) in [6.07, 6.45) is 6.36. The van der Waals surface area contributed by atoms with Gasteiger partial charge in [-0.05, 0) is 43.3 Å². The Kier molecular flexibility index (Phi) is 11.2. The number of unbranched alkanes of at least 4 members (excludes halogenated alkanes) is 1. The van der Waals surface area contributed by atoms with Gasteiger partial charge in [0.15, 0.2) is 0 Å². The third-order valence-electron chi connectivity index (χ3n) is 2.27. The third kappa shape index (κ3) is 9.47. The summed E-state index contributed by atoms with van der Waals surface area (Å²) in [6, 6.07) is -1.20. The number of carbonyl (C=O) groups excluding carboxylic acids is 1. The van der Waals surface area contributed by atoms with Gasteiger partial charge in [0.05, 0.1) is 0 Å². The summed E-state index contributed by atoms with van der Waals surface area (Å²) in [7, 11) is 0. The molecule has 1 atom stereocenters. The maximum absolute atomic E-state index is 11.5. The molecule has 0 aromatic rings. The predicted octanol–water partition coefficient (Wildman–Crippen LogP) is 1.64. The van der Waals surface area contributed by atoms with E-state index in [0.29, 0.717) is 18.7 Å². The Balaban J connectivity index is 3.77. The molecule has 7 heteroatoms. The summed E-state index contributed by atoms with van der Waals surface area (Å²) in [5, 5.41) is 14.1. The van der Waals surface area contributed by atoms with Crippen LogP contribution in [0.25, 0.3) is 0 Å². The topological polar surface area (TPSA) is 78.4 Å². The highest BCUT2D eigenvalue weighted by Gasteiger charge is 2.18. The van der Waals surface area contributed by atoms with Crippen LogP contribution in [0.1, 0.15) is 19.3 Å². The van der Waals surface area contributed by atoms with Crippen molar-refractivity contribution in [1.82, 2.24) is 10.6 Å². The highest BCUT2D eigenvalue weighted by atomic mass is 32.2. The second kappa shape index (κ2) is 11.5. The van der Waals surface area contributed by atoms with Crippen LogP contribution in [0.5, 0.6) is 0 Å². The lowest BCUT2D eigenvalue weighted by Crippen LogP contribution is -2.46. The lowest BCUT2D eigenvalue weighted by molar-refractivity contribution is -0.139. The minimum atomic E-state index is -0.985. The number of carboxylic acid groups (broad SMARTS) is 1. The number of urea groups is 1. The molecule has 0 rings (SSSR count). The number of hydrogen-bond donors (Lipinski definition) is 3. The van der Waals surface area contributed by atoms with Crippen molar-refractivity contribution in [3.8, 4) is 0 Å². The molecular formula is C11H22N2O3S2. The van der Waals surface area contributed by atoms with E-state index >= 15 is 0 Å². The van der Waals surface area contributed by atoms with Gasteiger partial charge in [-0.25, -0.2) is 9.59 Å². The second-order valence-corrected chi connectivity index (χ2v) is 5.74. The molecule has 0 aliphatic carbocycles. The molecule has 0 fully saturated rings. The van der Waals surface area contributed by atoms with Crippen molar-refractivity contribution in [2.45, 2.75) is 25.3 Å². The van der Waals surface area contributed by atoms with Gasteiger partial charge in [0, 0.05) is 6.54 Å². The Morgan fingerprint density at radius 1 is 1.17 bits per heavy atom. The monoisotopic (exact) mass is 294 g/mol. The lowest BCUT2D eigenvalue weighted by Gasteiger charge is -2.14. The lowest BCUT2D eigenvalue weighted by atomic mass is 10.2. The van der Waals surface area contributed by atoms with Crippen LogP contribution >= 0.6 is 23.5 Å². The first-order chi connectivity index (χ1) is 8.61. The molecule has 1 unspecified atom stereocenters. The first kappa shape index (κ1) is 17.4. The van der Waals surface area contributed by atoms with E-state index in [9.17, 15) is 9.59 Å². The molecule has 0 bridgehead atoms. The van der Waals surface area contributed by atoms with Gasteiger partial charge < -0.3 is 15.7 Å². The molecule has 2 amide bonds. The van der Waals surface area contributed by atoms with Crippen LogP contribution in [0.4, 0.5) is 4.79 Å². The Labute approximate surface area is 117 Å². The molecule has 106 valence electrons. The number of carboxylic acids is 1. The zero-order valence-corrected chi connectivity index (χ0v) is 12.5. The van der Waals surface area contributed by atoms with E-state index in [-0.39, 0.29) is 0 Å². The van der Waals surface area contributed by atoms with Gasteiger partial charge in [-0.1, -0.05) is 0 Å². The molecule has 3 N–H and O–H groups in total. The standard InChI is InChI=1S/C11H22N2O3S2/c1-17-7-4-3-6-12-11(16)13-9(10(14)15)5-8-18-2/h9H,3-8H2,1-2H3,(H,14,15)(H2,12,13,16). The maximum Gasteiger partial charge on any atom is 0.326 e. The van der Waals surface area contributed by atoms with Gasteiger partial charge in [-0.3, -0.25) is 0 Å². The van der Waals surface area contributed by atoms with Gasteiger partial charge in [0.1, 0.15) is 6.04 Å². The fourth-order valence-corrected chi connectivity index (χ4v) is 2.24. The number of carbonyl (C=O) groups is 2. The molecule has 18 heavy (non-hydrogen) atoms. The number of amides is 2. The molecule has 0 heterocycles. The molecule has 0 saturated carbocycles. The SMILES string of the molecule is CSCCCCNC(=O)NC(CCSC)C(=O)O. The first-order valence-corrected chi connectivity index (χ1v) is 8.65. The van der Waals surface area contributed by atoms with E-state index in [1.165, 1.54) is 0 Å². The molecule has 5 nitrogen and oxygen atoms in total. The summed E-state index contributed by atoms with van der Waals surface area (Å²) < 4.78 is 0. The molecular weight excluding hydrogens is 272 g/mol. The minimum absolute atomic E-state index is 0.396. The number of hydrogen-bond acceptors (Lipinski definition) is 4. The van der Waals surface area contributed by atoms with E-state index in [0.717, 1.165) is 18.6 Å². The summed E-state index contributed by atoms with van der Waals surface area (Å²) in [5.74, 6) is 0.807. The van der Waals surface area contributed by atoms with Crippen LogP contribution in [0.3, 0.4) is 0 Å². The van der Waals surface area contributed by atoms with Crippen molar-refractivity contribution in [2.24, 2.45) is 0 Å². The van der Waals surface area contributed by atoms with Gasteiger partial charge in [0.25, 0.3) is 0 Å². The number of aliphatic carboxylic acids is 1. The molecule has 0 aromatic carbocycles. The molecule has 0 aliphatic heterocycles. The first-order valence-electron chi connectivity index (χ1n) is 5.86. The van der Waals surface area contributed by atoms with Crippen LogP contribution in [0.2, 0.25) is 0 Å². The minimum Gasteiger partial charge on any atom is -0.480 e. The predicted molar refractivity (Wildman–Crippen MR) is 78.6 cm³/mol. The second-order valence-electron chi connectivity index (χ2n) is 3.77. The molecule has 0 radical (unpaired) electrons. The Morgan fingerprint density at radius 3 is 2.39 bits per heavy atom. The van der Waals surface area contributed by atoms with Gasteiger partial charge in [-0.15, -0.1) is 0 Å². The van der Waals surface area contributed by atoms with E-state index in [4.69, 9.17) is 5.11 Å². The Hall–Kier alpha value is -0.560. The van der Waals surface area contributed by atoms with Crippen molar-refractivity contribution >= 4 is 35.5 Å². The average molecular weight is 294 g/mol. The number of nitrogens with one attached hydrogen (secondary N) is 2. The largest absolute Gasteiger partial charge is 0.480 e. The van der Waals surface area contributed by atoms with Crippen LogP contribution in [0.15, 0.2) is 0 Å². The van der Waals surface area contributed by atoms with Crippen LogP contribution < -0.4 is 10.6 Å². The fourth-order valence-electron chi connectivity index (χ4n) is 1.28. The van der Waals surface area contributed by atoms with Crippen molar-refractivity contribution < 1.29 is 14.7 Å². The number of thioether (sulfide) groups is 2. The summed E-state index contributed by atoms with van der Waals surface area (Å²) in [5.41, 5.74) is 0. The summed E-state index contributed by atoms with van der Waals surface area (Å²) in [6.45, 7) is 0.585. The third-order valence-corrected chi connectivity index (χ3v) is 3.62. The normalized spacial score (nSPS) is 11.9.